The number of nitrogens with zero attached hydrogens (tertiary/aromatic N) is 2. The van der Waals surface area contributed by atoms with Gasteiger partial charge in [0.25, 0.3) is 0 Å². The Bertz CT molecular complexity index is 331. The molecule has 1 aromatic carbocycles. The van der Waals surface area contributed by atoms with E-state index in [0.717, 1.165) is 11.3 Å². The Morgan fingerprint density at radius 3 is 2.91 bits per heavy atom. The van der Waals surface area contributed by atoms with Gasteiger partial charge < -0.3 is 0 Å². The lowest BCUT2D eigenvalue weighted by atomic mass is 10.2. The highest BCUT2D eigenvalue weighted by molar-refractivity contribution is 7.80. The van der Waals surface area contributed by atoms with Crippen molar-refractivity contribution >= 4 is 29.2 Å². The molecule has 0 saturated heterocycles. The Morgan fingerprint density at radius 2 is 2.00 bits per heavy atom. The fourth-order valence-corrected chi connectivity index (χ4v) is 1.11. The Labute approximate surface area is 70.0 Å². The lowest BCUT2D eigenvalue weighted by Gasteiger charge is -2.08. The van der Waals surface area contributed by atoms with Crippen molar-refractivity contribution in [2.45, 2.75) is 0 Å². The standard InChI is InChI=1S/C8H5N2S/c11-8-9-5-6-3-1-2-4-7(6)10-8/h1-5H. The summed E-state index contributed by atoms with van der Waals surface area (Å²) in [6.07, 6.45) is 1.74. The summed E-state index contributed by atoms with van der Waals surface area (Å²) in [5.74, 6) is 0. The van der Waals surface area contributed by atoms with Crippen LogP contribution in [0.1, 0.15) is 5.56 Å². The lowest BCUT2D eigenvalue weighted by Crippen LogP contribution is -2.11. The van der Waals surface area contributed by atoms with Crippen LogP contribution in [0.4, 0.5) is 5.69 Å². The molecule has 0 bridgehead atoms. The Kier molecular flexibility index (Phi) is 1.43. The van der Waals surface area contributed by atoms with Crippen molar-refractivity contribution in [2.24, 2.45) is 4.99 Å². The largest absolute Gasteiger partial charge is 0.226 e. The molecule has 0 N–H and O–H groups in total. The van der Waals surface area contributed by atoms with Gasteiger partial charge >= 0.3 is 0 Å². The molecule has 1 aromatic rings. The number of hydrogen-bond donors (Lipinski definition) is 0. The Balaban J connectivity index is 2.54. The van der Waals surface area contributed by atoms with E-state index < -0.39 is 0 Å². The lowest BCUT2D eigenvalue weighted by molar-refractivity contribution is 1.23. The molecule has 0 unspecified atom stereocenters. The first-order chi connectivity index (χ1) is 5.36. The molecule has 53 valence electrons. The van der Waals surface area contributed by atoms with Crippen molar-refractivity contribution in [3.05, 3.63) is 29.8 Å². The SMILES string of the molecule is S=C1[N]c2ccccc2C=N1. The van der Waals surface area contributed by atoms with Crippen LogP contribution in [-0.4, -0.2) is 11.3 Å². The van der Waals surface area contributed by atoms with Crippen LogP contribution in [0.25, 0.3) is 0 Å². The summed E-state index contributed by atoms with van der Waals surface area (Å²) in [5.41, 5.74) is 1.94. The van der Waals surface area contributed by atoms with Gasteiger partial charge in [-0.25, -0.2) is 10.3 Å². The number of benzene rings is 1. The van der Waals surface area contributed by atoms with Crippen molar-refractivity contribution in [1.82, 2.24) is 5.32 Å². The average Bonchev–Trinajstić information content (AvgIpc) is 2.04. The second-order valence-corrected chi connectivity index (χ2v) is 2.58. The summed E-state index contributed by atoms with van der Waals surface area (Å²) in [6.45, 7) is 0. The van der Waals surface area contributed by atoms with Gasteiger partial charge in [0.15, 0.2) is 0 Å². The molecule has 3 heteroatoms. The summed E-state index contributed by atoms with van der Waals surface area (Å²) in [7, 11) is 0. The highest BCUT2D eigenvalue weighted by Crippen LogP contribution is 2.16. The van der Waals surface area contributed by atoms with Gasteiger partial charge in [-0.3, -0.25) is 0 Å². The van der Waals surface area contributed by atoms with Gasteiger partial charge in [0.05, 0.1) is 5.69 Å². The molecule has 0 fully saturated rings. The van der Waals surface area contributed by atoms with Crippen LogP contribution in [-0.2, 0) is 0 Å². The summed E-state index contributed by atoms with van der Waals surface area (Å²) in [4.78, 5) is 3.91. The summed E-state index contributed by atoms with van der Waals surface area (Å²) >= 11 is 4.82. The minimum absolute atomic E-state index is 0.406. The third kappa shape index (κ3) is 1.14. The number of para-hydroxylation sites is 1. The molecule has 2 rings (SSSR count). The Hall–Kier alpha value is -1.22. The molecule has 1 radical (unpaired) electrons. The van der Waals surface area contributed by atoms with E-state index in [2.05, 4.69) is 10.3 Å². The van der Waals surface area contributed by atoms with Crippen molar-refractivity contribution in [1.29, 1.82) is 0 Å². The smallest absolute Gasteiger partial charge is 0.219 e. The molecule has 0 amide bonds. The van der Waals surface area contributed by atoms with Gasteiger partial charge in [0.1, 0.15) is 0 Å². The highest BCUT2D eigenvalue weighted by atomic mass is 32.1. The van der Waals surface area contributed by atoms with Crippen molar-refractivity contribution in [3.8, 4) is 0 Å². The van der Waals surface area contributed by atoms with Crippen LogP contribution < -0.4 is 5.32 Å². The minimum Gasteiger partial charge on any atom is -0.226 e. The maximum Gasteiger partial charge on any atom is 0.219 e. The molecule has 2 nitrogen and oxygen atoms in total. The second kappa shape index (κ2) is 2.43. The minimum atomic E-state index is 0.406. The van der Waals surface area contributed by atoms with Crippen LogP contribution >= 0.6 is 12.2 Å². The van der Waals surface area contributed by atoms with Gasteiger partial charge in [-0.15, -0.1) is 0 Å². The highest BCUT2D eigenvalue weighted by Gasteiger charge is 2.07. The second-order valence-electron chi connectivity index (χ2n) is 2.21. The van der Waals surface area contributed by atoms with Crippen LogP contribution in [0, 0.1) is 0 Å². The molecule has 1 aliphatic heterocycles. The van der Waals surface area contributed by atoms with Crippen LogP contribution in [0.15, 0.2) is 29.3 Å². The molecule has 0 spiro atoms. The number of thiocarbonyl (C=S) groups is 1. The van der Waals surface area contributed by atoms with Gasteiger partial charge in [-0.2, -0.15) is 0 Å². The van der Waals surface area contributed by atoms with Crippen molar-refractivity contribution in [2.75, 3.05) is 0 Å². The predicted octanol–water partition coefficient (Wildman–Crippen LogP) is 1.64. The van der Waals surface area contributed by atoms with E-state index in [1.807, 2.05) is 24.3 Å². The molecule has 11 heavy (non-hydrogen) atoms. The Morgan fingerprint density at radius 1 is 1.18 bits per heavy atom. The molecular formula is C8H5N2S. The predicted molar refractivity (Wildman–Crippen MR) is 48.4 cm³/mol. The van der Waals surface area contributed by atoms with Crippen LogP contribution in [0.2, 0.25) is 0 Å². The summed E-state index contributed by atoms with van der Waals surface area (Å²) < 4.78 is 0. The van der Waals surface area contributed by atoms with E-state index in [0.29, 0.717) is 5.11 Å². The summed E-state index contributed by atoms with van der Waals surface area (Å²) in [5, 5.41) is 4.49. The maximum atomic E-state index is 4.82. The van der Waals surface area contributed by atoms with Gasteiger partial charge in [0.2, 0.25) is 5.11 Å². The fourth-order valence-electron chi connectivity index (χ4n) is 0.955. The molecule has 1 aliphatic rings. The van der Waals surface area contributed by atoms with Gasteiger partial charge in [-0.05, 0) is 18.3 Å². The van der Waals surface area contributed by atoms with E-state index in [1.54, 1.807) is 6.21 Å². The first-order valence-electron chi connectivity index (χ1n) is 3.25. The first-order valence-corrected chi connectivity index (χ1v) is 3.66. The van der Waals surface area contributed by atoms with E-state index in [4.69, 9.17) is 12.2 Å². The van der Waals surface area contributed by atoms with Crippen LogP contribution in [0.3, 0.4) is 0 Å². The number of hydrogen-bond acceptors (Lipinski definition) is 1. The maximum absolute atomic E-state index is 4.82. The zero-order valence-corrected chi connectivity index (χ0v) is 6.51. The monoisotopic (exact) mass is 161 g/mol. The third-order valence-electron chi connectivity index (χ3n) is 1.47. The van der Waals surface area contributed by atoms with E-state index >= 15 is 0 Å². The normalized spacial score (nSPS) is 14.0. The zero-order chi connectivity index (χ0) is 7.68. The first kappa shape index (κ1) is 6.49. The van der Waals surface area contributed by atoms with E-state index in [-0.39, 0.29) is 0 Å². The van der Waals surface area contributed by atoms with Crippen molar-refractivity contribution < 1.29 is 0 Å². The number of fused-ring (bicyclic) bond motifs is 1. The molecule has 0 atom stereocenters. The fraction of sp³-hybridized carbons (Fsp3) is 0. The van der Waals surface area contributed by atoms with Crippen molar-refractivity contribution in [3.63, 3.8) is 0 Å². The third-order valence-corrected chi connectivity index (χ3v) is 1.66. The molecule has 0 aromatic heterocycles. The number of rotatable bonds is 0. The zero-order valence-electron chi connectivity index (χ0n) is 5.69. The van der Waals surface area contributed by atoms with Gasteiger partial charge in [-0.1, -0.05) is 18.2 Å². The molecule has 0 aliphatic carbocycles. The topological polar surface area (TPSA) is 26.5 Å². The molecule has 1 heterocycles. The summed E-state index contributed by atoms with van der Waals surface area (Å²) in [6, 6.07) is 7.77. The van der Waals surface area contributed by atoms with Gasteiger partial charge in [0, 0.05) is 11.8 Å². The van der Waals surface area contributed by atoms with Crippen LogP contribution in [0.5, 0.6) is 0 Å². The number of aliphatic imine (C=N–C) groups is 1. The average molecular weight is 161 g/mol. The molecular weight excluding hydrogens is 156 g/mol. The molecule has 0 saturated carbocycles. The van der Waals surface area contributed by atoms with E-state index in [1.165, 1.54) is 0 Å². The van der Waals surface area contributed by atoms with E-state index in [9.17, 15) is 0 Å². The quantitative estimate of drug-likeness (QED) is 0.531.